The van der Waals surface area contributed by atoms with E-state index < -0.39 is 11.6 Å². The van der Waals surface area contributed by atoms with Crippen LogP contribution in [0.25, 0.3) is 0 Å². The number of aryl methyl sites for hydroxylation is 1. The Balaban J connectivity index is 2.00. The lowest BCUT2D eigenvalue weighted by molar-refractivity contribution is 0.506. The van der Waals surface area contributed by atoms with E-state index in [2.05, 4.69) is 14.3 Å². The predicted molar refractivity (Wildman–Crippen MR) is 82.6 cm³/mol. The van der Waals surface area contributed by atoms with Crippen LogP contribution in [0.3, 0.4) is 0 Å². The van der Waals surface area contributed by atoms with Crippen LogP contribution in [0, 0.1) is 18.6 Å². The number of hydrogen-bond acceptors (Lipinski definition) is 4. The number of aromatic nitrogens is 3. The molecular formula is C15H12F2N4OS. The molecule has 0 bridgehead atoms. The van der Waals surface area contributed by atoms with Gasteiger partial charge in [0.25, 0.3) is 0 Å². The van der Waals surface area contributed by atoms with Gasteiger partial charge in [0.1, 0.15) is 0 Å². The van der Waals surface area contributed by atoms with Crippen molar-refractivity contribution in [2.45, 2.75) is 13.5 Å². The van der Waals surface area contributed by atoms with Crippen molar-refractivity contribution in [3.05, 3.63) is 74.7 Å². The second-order valence-electron chi connectivity index (χ2n) is 4.90. The quantitative estimate of drug-likeness (QED) is 0.800. The van der Waals surface area contributed by atoms with E-state index in [1.807, 2.05) is 13.0 Å². The van der Waals surface area contributed by atoms with Gasteiger partial charge in [-0.25, -0.2) is 18.6 Å². The summed E-state index contributed by atoms with van der Waals surface area (Å²) < 4.78 is 30.2. The first-order valence-electron chi connectivity index (χ1n) is 6.72. The Hall–Kier alpha value is -2.61. The molecule has 2 heterocycles. The summed E-state index contributed by atoms with van der Waals surface area (Å²) in [5.74, 6) is -1.87. The van der Waals surface area contributed by atoms with Crippen LogP contribution in [0.1, 0.15) is 11.3 Å². The fraction of sp³-hybridized carbons (Fsp3) is 0.133. The van der Waals surface area contributed by atoms with E-state index in [4.69, 9.17) is 0 Å². The predicted octanol–water partition coefficient (Wildman–Crippen LogP) is 2.50. The Morgan fingerprint density at radius 1 is 1.26 bits per heavy atom. The molecule has 3 rings (SSSR count). The van der Waals surface area contributed by atoms with Gasteiger partial charge in [-0.1, -0.05) is 6.07 Å². The van der Waals surface area contributed by atoms with Crippen molar-refractivity contribution in [1.82, 2.24) is 13.9 Å². The van der Waals surface area contributed by atoms with Crippen LogP contribution in [-0.4, -0.2) is 13.9 Å². The molecule has 0 amide bonds. The van der Waals surface area contributed by atoms with Crippen molar-refractivity contribution in [1.29, 1.82) is 0 Å². The van der Waals surface area contributed by atoms with E-state index in [-0.39, 0.29) is 12.2 Å². The number of H-pyrrole nitrogens is 1. The summed E-state index contributed by atoms with van der Waals surface area (Å²) in [4.78, 5) is 20.8. The molecule has 0 saturated carbocycles. The topological polar surface area (TPSA) is 63.0 Å². The fourth-order valence-corrected chi connectivity index (χ4v) is 2.66. The lowest BCUT2D eigenvalue weighted by Crippen LogP contribution is -2.27. The van der Waals surface area contributed by atoms with E-state index in [1.165, 1.54) is 10.6 Å². The zero-order chi connectivity index (χ0) is 16.4. The fourth-order valence-electron chi connectivity index (χ4n) is 1.97. The first kappa shape index (κ1) is 15.3. The zero-order valence-corrected chi connectivity index (χ0v) is 12.9. The molecule has 5 nitrogen and oxygen atoms in total. The number of pyridine rings is 1. The highest BCUT2D eigenvalue weighted by Gasteiger charge is 2.07. The molecule has 0 saturated heterocycles. The smallest absolute Gasteiger partial charge is 0.263 e. The van der Waals surface area contributed by atoms with Crippen molar-refractivity contribution in [3.8, 4) is 0 Å². The monoisotopic (exact) mass is 334 g/mol. The van der Waals surface area contributed by atoms with Crippen molar-refractivity contribution in [2.75, 3.05) is 0 Å². The van der Waals surface area contributed by atoms with Gasteiger partial charge in [-0.15, -0.1) is 0 Å². The molecule has 0 aliphatic rings. The molecule has 3 aromatic rings. The maximum Gasteiger partial charge on any atom is 0.337 e. The minimum atomic E-state index is -0.948. The van der Waals surface area contributed by atoms with Crippen LogP contribution in [0.5, 0.6) is 0 Å². The summed E-state index contributed by atoms with van der Waals surface area (Å²) in [6, 6.07) is 7.13. The molecule has 0 spiro atoms. The van der Waals surface area contributed by atoms with Crippen LogP contribution >= 0.6 is 11.5 Å². The Morgan fingerprint density at radius 2 is 2.09 bits per heavy atom. The summed E-state index contributed by atoms with van der Waals surface area (Å²) in [7, 11) is 0. The first-order chi connectivity index (χ1) is 11.0. The van der Waals surface area contributed by atoms with Gasteiger partial charge in [0.2, 0.25) is 4.80 Å². The highest BCUT2D eigenvalue weighted by Crippen LogP contribution is 2.10. The van der Waals surface area contributed by atoms with E-state index in [1.54, 1.807) is 12.3 Å². The van der Waals surface area contributed by atoms with Crippen molar-refractivity contribution < 1.29 is 8.78 Å². The molecule has 118 valence electrons. The maximum atomic E-state index is 13.3. The van der Waals surface area contributed by atoms with Gasteiger partial charge in [0.05, 0.1) is 18.4 Å². The Labute approximate surface area is 133 Å². The molecule has 8 heteroatoms. The molecule has 0 aliphatic heterocycles. The van der Waals surface area contributed by atoms with E-state index in [0.717, 1.165) is 29.4 Å². The molecule has 1 aromatic carbocycles. The summed E-state index contributed by atoms with van der Waals surface area (Å²) in [5, 5.41) is 0. The molecule has 0 aliphatic carbocycles. The van der Waals surface area contributed by atoms with Gasteiger partial charge in [-0.05, 0) is 48.3 Å². The zero-order valence-electron chi connectivity index (χ0n) is 12.1. The second kappa shape index (κ2) is 6.25. The lowest BCUT2D eigenvalue weighted by atomic mass is 10.2. The van der Waals surface area contributed by atoms with Gasteiger partial charge in [0.15, 0.2) is 11.6 Å². The van der Waals surface area contributed by atoms with Gasteiger partial charge in [-0.2, -0.15) is 0 Å². The van der Waals surface area contributed by atoms with Crippen molar-refractivity contribution >= 4 is 17.2 Å². The van der Waals surface area contributed by atoms with Crippen LogP contribution in [0.2, 0.25) is 0 Å². The summed E-state index contributed by atoms with van der Waals surface area (Å²) in [6.45, 7) is 1.95. The van der Waals surface area contributed by atoms with Crippen LogP contribution in [-0.2, 0) is 6.54 Å². The second-order valence-corrected chi connectivity index (χ2v) is 5.67. The minimum Gasteiger partial charge on any atom is -0.263 e. The SMILES string of the molecule is Cc1ccc(N=c2s[nH]c(=O)n2Cc2ccc(F)c(F)c2)cn1. The molecule has 2 aromatic heterocycles. The first-order valence-corrected chi connectivity index (χ1v) is 7.54. The maximum absolute atomic E-state index is 13.3. The molecule has 0 unspecified atom stereocenters. The van der Waals surface area contributed by atoms with Gasteiger partial charge in [-0.3, -0.25) is 13.9 Å². The highest BCUT2D eigenvalue weighted by atomic mass is 32.1. The van der Waals surface area contributed by atoms with Crippen LogP contribution < -0.4 is 10.5 Å². The van der Waals surface area contributed by atoms with Gasteiger partial charge in [0, 0.05) is 5.69 Å². The number of aromatic amines is 1. The molecule has 0 fully saturated rings. The third kappa shape index (κ3) is 3.42. The Bertz CT molecular complexity index is 957. The molecule has 0 radical (unpaired) electrons. The summed E-state index contributed by atoms with van der Waals surface area (Å²) in [6.07, 6.45) is 1.60. The lowest BCUT2D eigenvalue weighted by Gasteiger charge is -2.02. The van der Waals surface area contributed by atoms with Crippen molar-refractivity contribution in [3.63, 3.8) is 0 Å². The van der Waals surface area contributed by atoms with Crippen LogP contribution in [0.15, 0.2) is 46.3 Å². The molecular weight excluding hydrogens is 322 g/mol. The third-order valence-electron chi connectivity index (χ3n) is 3.15. The molecule has 0 atom stereocenters. The third-order valence-corrected chi connectivity index (χ3v) is 3.92. The number of hydrogen-bond donors (Lipinski definition) is 1. The summed E-state index contributed by atoms with van der Waals surface area (Å²) in [5.41, 5.74) is 1.57. The highest BCUT2D eigenvalue weighted by molar-refractivity contribution is 7.02. The molecule has 23 heavy (non-hydrogen) atoms. The van der Waals surface area contributed by atoms with Gasteiger partial charge < -0.3 is 0 Å². The Morgan fingerprint density at radius 3 is 2.78 bits per heavy atom. The normalized spacial score (nSPS) is 11.9. The van der Waals surface area contributed by atoms with Gasteiger partial charge >= 0.3 is 5.69 Å². The molecule has 1 N–H and O–H groups in total. The standard InChI is InChI=1S/C15H12F2N4OS/c1-9-2-4-11(7-18-9)19-15-21(14(22)20-23-15)8-10-3-5-12(16)13(17)6-10/h2-7H,8H2,1H3,(H,20,22). The number of halogens is 2. The minimum absolute atomic E-state index is 0.0914. The van der Waals surface area contributed by atoms with E-state index >= 15 is 0 Å². The number of benzene rings is 1. The average Bonchev–Trinajstić information content (AvgIpc) is 2.86. The summed E-state index contributed by atoms with van der Waals surface area (Å²) >= 11 is 1.06. The largest absolute Gasteiger partial charge is 0.337 e. The van der Waals surface area contributed by atoms with E-state index in [0.29, 0.717) is 16.1 Å². The van der Waals surface area contributed by atoms with E-state index in [9.17, 15) is 13.6 Å². The average molecular weight is 334 g/mol. The number of nitrogens with one attached hydrogen (secondary N) is 1. The number of rotatable bonds is 3. The number of nitrogens with zero attached hydrogens (tertiary/aromatic N) is 3. The van der Waals surface area contributed by atoms with Crippen molar-refractivity contribution in [2.24, 2.45) is 4.99 Å². The Kier molecular flexibility index (Phi) is 4.16. The van der Waals surface area contributed by atoms with Crippen LogP contribution in [0.4, 0.5) is 14.5 Å².